The summed E-state index contributed by atoms with van der Waals surface area (Å²) < 4.78 is 0. The third kappa shape index (κ3) is 2.18. The first-order valence-corrected chi connectivity index (χ1v) is 7.65. The Morgan fingerprint density at radius 3 is 2.32 bits per heavy atom. The van der Waals surface area contributed by atoms with E-state index in [2.05, 4.69) is 20.8 Å². The summed E-state index contributed by atoms with van der Waals surface area (Å²) in [5, 5.41) is 0. The monoisotopic (exact) mass is 259 g/mol. The second kappa shape index (κ2) is 4.86. The van der Waals surface area contributed by atoms with E-state index in [4.69, 9.17) is 15.7 Å². The molecule has 0 aliphatic heterocycles. The molecule has 2 bridgehead atoms. The number of rotatable bonds is 3. The second-order valence-electron chi connectivity index (χ2n) is 6.58. The predicted molar refractivity (Wildman–Crippen MR) is 77.2 cm³/mol. The van der Waals surface area contributed by atoms with Crippen molar-refractivity contribution in [3.63, 3.8) is 0 Å². The summed E-state index contributed by atoms with van der Waals surface area (Å²) in [7, 11) is 0. The van der Waals surface area contributed by atoms with Crippen molar-refractivity contribution in [1.82, 2.24) is 9.97 Å². The number of hydrogen-bond donors (Lipinski definition) is 1. The van der Waals surface area contributed by atoms with Gasteiger partial charge in [0.15, 0.2) is 0 Å². The zero-order valence-electron chi connectivity index (χ0n) is 12.3. The Balaban J connectivity index is 1.92. The molecular weight excluding hydrogens is 234 g/mol. The minimum Gasteiger partial charge on any atom is -0.330 e. The Morgan fingerprint density at radius 1 is 1.16 bits per heavy atom. The van der Waals surface area contributed by atoms with Crippen LogP contribution in [0.25, 0.3) is 0 Å². The molecule has 1 aromatic heterocycles. The van der Waals surface area contributed by atoms with Crippen LogP contribution in [0.1, 0.15) is 67.2 Å². The third-order valence-corrected chi connectivity index (χ3v) is 5.26. The van der Waals surface area contributed by atoms with Crippen molar-refractivity contribution in [3.8, 4) is 0 Å². The molecule has 2 aliphatic carbocycles. The predicted octanol–water partition coefficient (Wildman–Crippen LogP) is 3.06. The van der Waals surface area contributed by atoms with E-state index < -0.39 is 0 Å². The molecule has 0 spiro atoms. The van der Waals surface area contributed by atoms with Gasteiger partial charge in [0.05, 0.1) is 0 Å². The molecular formula is C16H25N3. The van der Waals surface area contributed by atoms with Gasteiger partial charge in [0.1, 0.15) is 5.82 Å². The molecule has 1 aromatic rings. The van der Waals surface area contributed by atoms with Gasteiger partial charge in [0, 0.05) is 17.3 Å². The van der Waals surface area contributed by atoms with E-state index in [0.29, 0.717) is 18.4 Å². The van der Waals surface area contributed by atoms with Gasteiger partial charge in [-0.25, -0.2) is 9.97 Å². The Bertz CT molecular complexity index is 460. The smallest absolute Gasteiger partial charge is 0.132 e. The maximum atomic E-state index is 5.80. The van der Waals surface area contributed by atoms with Gasteiger partial charge in [-0.2, -0.15) is 0 Å². The maximum absolute atomic E-state index is 5.80. The molecule has 1 heterocycles. The lowest BCUT2D eigenvalue weighted by Gasteiger charge is -2.23. The van der Waals surface area contributed by atoms with Gasteiger partial charge in [0.25, 0.3) is 0 Å². The fraction of sp³-hybridized carbons (Fsp3) is 0.750. The number of aromatic nitrogens is 2. The fourth-order valence-corrected chi connectivity index (χ4v) is 4.31. The highest BCUT2D eigenvalue weighted by Crippen LogP contribution is 2.52. The van der Waals surface area contributed by atoms with Crippen LogP contribution in [-0.2, 0) is 0 Å². The van der Waals surface area contributed by atoms with Crippen molar-refractivity contribution in [2.24, 2.45) is 17.6 Å². The van der Waals surface area contributed by atoms with Gasteiger partial charge in [-0.05, 0) is 63.0 Å². The molecule has 2 fully saturated rings. The van der Waals surface area contributed by atoms with Crippen molar-refractivity contribution in [2.45, 2.75) is 58.3 Å². The van der Waals surface area contributed by atoms with E-state index in [1.165, 1.54) is 31.2 Å². The second-order valence-corrected chi connectivity index (χ2v) is 6.58. The van der Waals surface area contributed by atoms with E-state index in [1.807, 2.05) is 0 Å². The molecule has 2 aliphatic rings. The van der Waals surface area contributed by atoms with Crippen LogP contribution in [0, 0.1) is 25.7 Å². The molecule has 4 unspecified atom stereocenters. The highest BCUT2D eigenvalue weighted by Gasteiger charge is 2.41. The summed E-state index contributed by atoms with van der Waals surface area (Å²) in [6.45, 7) is 7.06. The average molecular weight is 259 g/mol. The van der Waals surface area contributed by atoms with Crippen molar-refractivity contribution < 1.29 is 0 Å². The molecule has 2 N–H and O–H groups in total. The molecule has 3 rings (SSSR count). The first kappa shape index (κ1) is 13.0. The van der Waals surface area contributed by atoms with Gasteiger partial charge in [-0.1, -0.05) is 13.3 Å². The summed E-state index contributed by atoms with van der Waals surface area (Å²) in [5.41, 5.74) is 9.34. The average Bonchev–Trinajstić information content (AvgIpc) is 2.99. The lowest BCUT2D eigenvalue weighted by atomic mass is 9.87. The fourth-order valence-electron chi connectivity index (χ4n) is 4.31. The Hall–Kier alpha value is -0.960. The minimum atomic E-state index is 0.356. The molecule has 0 radical (unpaired) electrons. The van der Waals surface area contributed by atoms with Crippen molar-refractivity contribution in [1.29, 1.82) is 0 Å². The normalized spacial score (nSPS) is 30.8. The van der Waals surface area contributed by atoms with Crippen LogP contribution in [0.15, 0.2) is 0 Å². The molecule has 0 saturated heterocycles. The Kier molecular flexibility index (Phi) is 3.34. The first-order valence-electron chi connectivity index (χ1n) is 7.65. The summed E-state index contributed by atoms with van der Waals surface area (Å²) in [6, 6.07) is 0. The highest BCUT2D eigenvalue weighted by molar-refractivity contribution is 5.29. The summed E-state index contributed by atoms with van der Waals surface area (Å²) in [4.78, 5) is 9.67. The van der Waals surface area contributed by atoms with E-state index in [0.717, 1.165) is 29.0 Å². The molecule has 0 aromatic carbocycles. The molecule has 3 heteroatoms. The zero-order valence-corrected chi connectivity index (χ0v) is 12.3. The van der Waals surface area contributed by atoms with Crippen molar-refractivity contribution >= 4 is 0 Å². The molecule has 4 atom stereocenters. The van der Waals surface area contributed by atoms with Gasteiger partial charge in [-0.3, -0.25) is 0 Å². The molecule has 104 valence electrons. The lowest BCUT2D eigenvalue weighted by Crippen LogP contribution is -2.18. The van der Waals surface area contributed by atoms with Gasteiger partial charge >= 0.3 is 0 Å². The van der Waals surface area contributed by atoms with Crippen LogP contribution in [0.2, 0.25) is 0 Å². The maximum Gasteiger partial charge on any atom is 0.132 e. The van der Waals surface area contributed by atoms with Crippen molar-refractivity contribution in [2.75, 3.05) is 6.54 Å². The van der Waals surface area contributed by atoms with Crippen LogP contribution in [0.4, 0.5) is 0 Å². The SMILES string of the molecule is Cc1nc(C2CC3CCC2C3)nc(C)c1C(C)CN. The highest BCUT2D eigenvalue weighted by atomic mass is 14.9. The van der Waals surface area contributed by atoms with Crippen LogP contribution >= 0.6 is 0 Å². The van der Waals surface area contributed by atoms with Crippen molar-refractivity contribution in [3.05, 3.63) is 22.8 Å². The van der Waals surface area contributed by atoms with Gasteiger partial charge in [-0.15, -0.1) is 0 Å². The lowest BCUT2D eigenvalue weighted by molar-refractivity contribution is 0.403. The molecule has 0 amide bonds. The number of nitrogens with two attached hydrogens (primary N) is 1. The third-order valence-electron chi connectivity index (χ3n) is 5.26. The first-order chi connectivity index (χ1) is 9.10. The van der Waals surface area contributed by atoms with Crippen LogP contribution in [-0.4, -0.2) is 16.5 Å². The summed E-state index contributed by atoms with van der Waals surface area (Å²) in [5.74, 6) is 3.88. The van der Waals surface area contributed by atoms with Gasteiger partial charge in [0.2, 0.25) is 0 Å². The largest absolute Gasteiger partial charge is 0.330 e. The number of nitrogens with zero attached hydrogens (tertiary/aromatic N) is 2. The van der Waals surface area contributed by atoms with Crippen LogP contribution in [0.5, 0.6) is 0 Å². The van der Waals surface area contributed by atoms with E-state index in [1.54, 1.807) is 0 Å². The number of fused-ring (bicyclic) bond motifs is 2. The van der Waals surface area contributed by atoms with Crippen LogP contribution in [0.3, 0.4) is 0 Å². The van der Waals surface area contributed by atoms with Crippen LogP contribution < -0.4 is 5.73 Å². The molecule has 2 saturated carbocycles. The topological polar surface area (TPSA) is 51.8 Å². The Morgan fingerprint density at radius 2 is 1.84 bits per heavy atom. The molecule has 19 heavy (non-hydrogen) atoms. The zero-order chi connectivity index (χ0) is 13.6. The van der Waals surface area contributed by atoms with E-state index in [9.17, 15) is 0 Å². The summed E-state index contributed by atoms with van der Waals surface area (Å²) >= 11 is 0. The molecule has 3 nitrogen and oxygen atoms in total. The number of aryl methyl sites for hydroxylation is 2. The van der Waals surface area contributed by atoms with E-state index in [-0.39, 0.29) is 0 Å². The minimum absolute atomic E-state index is 0.356. The summed E-state index contributed by atoms with van der Waals surface area (Å²) in [6.07, 6.45) is 5.54. The Labute approximate surface area is 116 Å². The standard InChI is InChI=1S/C16H25N3/c1-9(8-17)15-10(2)18-16(19-11(15)3)14-7-12-4-5-13(14)6-12/h9,12-14H,4-8,17H2,1-3H3. The van der Waals surface area contributed by atoms with Gasteiger partial charge < -0.3 is 5.73 Å². The number of hydrogen-bond acceptors (Lipinski definition) is 3. The quantitative estimate of drug-likeness (QED) is 0.907. The van der Waals surface area contributed by atoms with E-state index >= 15 is 0 Å².